The van der Waals surface area contributed by atoms with Crippen LogP contribution in [0.5, 0.6) is 0 Å². The number of fused-ring (bicyclic) bond motifs is 1. The lowest BCUT2D eigenvalue weighted by atomic mass is 10.1. The van der Waals surface area contributed by atoms with Crippen LogP contribution >= 0.6 is 0 Å². The number of oxazole rings is 1. The predicted molar refractivity (Wildman–Crippen MR) is 72.3 cm³/mol. The molecule has 5 heteroatoms. The number of hydrogen-bond acceptors (Lipinski definition) is 4. The number of hydrogen-bond donors (Lipinski definition) is 2. The van der Waals surface area contributed by atoms with Gasteiger partial charge in [-0.1, -0.05) is 24.3 Å². The van der Waals surface area contributed by atoms with Gasteiger partial charge in [-0.2, -0.15) is 0 Å². The van der Waals surface area contributed by atoms with Crippen molar-refractivity contribution in [2.75, 3.05) is 0 Å². The van der Waals surface area contributed by atoms with Gasteiger partial charge in [-0.05, 0) is 18.1 Å². The van der Waals surface area contributed by atoms with Gasteiger partial charge in [-0.3, -0.25) is 4.79 Å². The molecule has 3 rings (SSSR count). The summed E-state index contributed by atoms with van der Waals surface area (Å²) in [5.74, 6) is 0.322. The van der Waals surface area contributed by atoms with E-state index in [0.29, 0.717) is 18.0 Å². The number of benzene rings is 1. The standard InChI is InChI=1S/C15H16N2O3/c1-8-14(20-9(2)16-8)15(19)17-13-11-6-4-3-5-10(11)7-12(13)18/h3-6,12-13,18H,7H2,1-2H3,(H,17,19)/t12-,13+/m0/s1. The van der Waals surface area contributed by atoms with Crippen LogP contribution in [-0.4, -0.2) is 22.1 Å². The quantitative estimate of drug-likeness (QED) is 0.872. The number of aromatic nitrogens is 1. The van der Waals surface area contributed by atoms with E-state index in [4.69, 9.17) is 4.42 Å². The number of amides is 1. The Balaban J connectivity index is 1.85. The molecule has 1 aliphatic rings. The fraction of sp³-hybridized carbons (Fsp3) is 0.333. The van der Waals surface area contributed by atoms with E-state index >= 15 is 0 Å². The lowest BCUT2D eigenvalue weighted by Crippen LogP contribution is -2.34. The van der Waals surface area contributed by atoms with Crippen LogP contribution in [-0.2, 0) is 6.42 Å². The maximum Gasteiger partial charge on any atom is 0.289 e. The zero-order valence-corrected chi connectivity index (χ0v) is 11.4. The van der Waals surface area contributed by atoms with Gasteiger partial charge in [0.05, 0.1) is 17.8 Å². The Labute approximate surface area is 116 Å². The van der Waals surface area contributed by atoms with Crippen molar-refractivity contribution >= 4 is 5.91 Å². The average molecular weight is 272 g/mol. The molecule has 1 amide bonds. The highest BCUT2D eigenvalue weighted by Crippen LogP contribution is 2.31. The Morgan fingerprint density at radius 1 is 1.40 bits per heavy atom. The molecule has 1 aliphatic carbocycles. The van der Waals surface area contributed by atoms with Crippen molar-refractivity contribution < 1.29 is 14.3 Å². The van der Waals surface area contributed by atoms with Gasteiger partial charge in [-0.15, -0.1) is 0 Å². The molecule has 0 spiro atoms. The first-order valence-electron chi connectivity index (χ1n) is 6.57. The third-order valence-corrected chi connectivity index (χ3v) is 3.60. The molecule has 1 aromatic heterocycles. The predicted octanol–water partition coefficient (Wildman–Crippen LogP) is 1.68. The van der Waals surface area contributed by atoms with E-state index in [-0.39, 0.29) is 11.7 Å². The Hall–Kier alpha value is -2.14. The van der Waals surface area contributed by atoms with Crippen molar-refractivity contribution in [3.05, 3.63) is 52.7 Å². The second-order valence-electron chi connectivity index (χ2n) is 5.07. The Morgan fingerprint density at radius 2 is 2.15 bits per heavy atom. The van der Waals surface area contributed by atoms with Crippen molar-refractivity contribution in [1.82, 2.24) is 10.3 Å². The van der Waals surface area contributed by atoms with Crippen molar-refractivity contribution in [3.63, 3.8) is 0 Å². The van der Waals surface area contributed by atoms with Crippen LogP contribution in [0.1, 0.15) is 39.3 Å². The third kappa shape index (κ3) is 2.10. The maximum absolute atomic E-state index is 12.2. The molecule has 0 saturated heterocycles. The second kappa shape index (κ2) is 4.76. The molecule has 2 atom stereocenters. The summed E-state index contributed by atoms with van der Waals surface area (Å²) in [5, 5.41) is 13.0. The Kier molecular flexibility index (Phi) is 3.06. The van der Waals surface area contributed by atoms with Gasteiger partial charge in [0.15, 0.2) is 5.89 Å². The number of aliphatic hydroxyl groups is 1. The molecular formula is C15H16N2O3. The first kappa shape index (κ1) is 12.9. The molecule has 2 aromatic rings. The van der Waals surface area contributed by atoms with E-state index in [2.05, 4.69) is 10.3 Å². The molecule has 0 unspecified atom stereocenters. The number of carbonyl (C=O) groups is 1. The van der Waals surface area contributed by atoms with E-state index < -0.39 is 12.1 Å². The zero-order chi connectivity index (χ0) is 14.3. The number of rotatable bonds is 2. The van der Waals surface area contributed by atoms with Crippen LogP contribution in [0.2, 0.25) is 0 Å². The van der Waals surface area contributed by atoms with E-state index in [1.807, 2.05) is 24.3 Å². The minimum absolute atomic E-state index is 0.207. The fourth-order valence-electron chi connectivity index (χ4n) is 2.70. The van der Waals surface area contributed by atoms with Crippen molar-refractivity contribution in [3.8, 4) is 0 Å². The van der Waals surface area contributed by atoms with Gasteiger partial charge in [0.25, 0.3) is 5.91 Å². The molecular weight excluding hydrogens is 256 g/mol. The zero-order valence-electron chi connectivity index (χ0n) is 11.4. The second-order valence-corrected chi connectivity index (χ2v) is 5.07. The molecule has 1 aromatic carbocycles. The SMILES string of the molecule is Cc1nc(C)c(C(=O)N[C@@H]2c3ccccc3C[C@@H]2O)o1. The molecule has 20 heavy (non-hydrogen) atoms. The van der Waals surface area contributed by atoms with Gasteiger partial charge >= 0.3 is 0 Å². The van der Waals surface area contributed by atoms with Crippen LogP contribution < -0.4 is 5.32 Å². The smallest absolute Gasteiger partial charge is 0.289 e. The van der Waals surface area contributed by atoms with E-state index in [0.717, 1.165) is 11.1 Å². The molecule has 0 fully saturated rings. The normalized spacial score (nSPS) is 20.8. The van der Waals surface area contributed by atoms with Crippen LogP contribution in [0, 0.1) is 13.8 Å². The summed E-state index contributed by atoms with van der Waals surface area (Å²) in [7, 11) is 0. The first-order chi connectivity index (χ1) is 9.56. The van der Waals surface area contributed by atoms with Gasteiger partial charge in [0, 0.05) is 13.3 Å². The van der Waals surface area contributed by atoms with E-state index in [1.165, 1.54) is 0 Å². The van der Waals surface area contributed by atoms with Crippen LogP contribution in [0.3, 0.4) is 0 Å². The molecule has 0 aliphatic heterocycles. The van der Waals surface area contributed by atoms with Crippen LogP contribution in [0.4, 0.5) is 0 Å². The van der Waals surface area contributed by atoms with Gasteiger partial charge < -0.3 is 14.8 Å². The maximum atomic E-state index is 12.2. The summed E-state index contributed by atoms with van der Waals surface area (Å²) in [5.41, 5.74) is 2.58. The van der Waals surface area contributed by atoms with E-state index in [1.54, 1.807) is 13.8 Å². The van der Waals surface area contributed by atoms with Gasteiger partial charge in [-0.25, -0.2) is 4.98 Å². The topological polar surface area (TPSA) is 75.4 Å². The van der Waals surface area contributed by atoms with Crippen LogP contribution in [0.25, 0.3) is 0 Å². The summed E-state index contributed by atoms with van der Waals surface area (Å²) in [6, 6.07) is 7.33. The third-order valence-electron chi connectivity index (χ3n) is 3.60. The Morgan fingerprint density at radius 3 is 2.85 bits per heavy atom. The van der Waals surface area contributed by atoms with Crippen LogP contribution in [0.15, 0.2) is 28.7 Å². The lowest BCUT2D eigenvalue weighted by Gasteiger charge is -2.17. The molecule has 0 bridgehead atoms. The van der Waals surface area contributed by atoms with Crippen molar-refractivity contribution in [2.24, 2.45) is 0 Å². The van der Waals surface area contributed by atoms with Crippen molar-refractivity contribution in [2.45, 2.75) is 32.4 Å². The summed E-state index contributed by atoms with van der Waals surface area (Å²) in [6.07, 6.45) is -0.0594. The number of aliphatic hydroxyl groups excluding tert-OH is 1. The highest BCUT2D eigenvalue weighted by molar-refractivity contribution is 5.92. The highest BCUT2D eigenvalue weighted by atomic mass is 16.4. The van der Waals surface area contributed by atoms with Gasteiger partial charge in [0.1, 0.15) is 0 Å². The summed E-state index contributed by atoms with van der Waals surface area (Å²) < 4.78 is 5.30. The summed E-state index contributed by atoms with van der Waals surface area (Å²) in [6.45, 7) is 3.42. The molecule has 2 N–H and O–H groups in total. The minimum atomic E-state index is -0.610. The molecule has 104 valence electrons. The molecule has 0 saturated carbocycles. The molecule has 1 heterocycles. The average Bonchev–Trinajstić information content (AvgIpc) is 2.90. The first-order valence-corrected chi connectivity index (χ1v) is 6.57. The highest BCUT2D eigenvalue weighted by Gasteiger charge is 2.33. The monoisotopic (exact) mass is 272 g/mol. The van der Waals surface area contributed by atoms with E-state index in [9.17, 15) is 9.90 Å². The minimum Gasteiger partial charge on any atom is -0.436 e. The Bertz CT molecular complexity index is 663. The number of nitrogens with zero attached hydrogens (tertiary/aromatic N) is 1. The largest absolute Gasteiger partial charge is 0.436 e. The molecule has 0 radical (unpaired) electrons. The van der Waals surface area contributed by atoms with Gasteiger partial charge in [0.2, 0.25) is 5.76 Å². The summed E-state index contributed by atoms with van der Waals surface area (Å²) in [4.78, 5) is 16.3. The van der Waals surface area contributed by atoms with Crippen molar-refractivity contribution in [1.29, 1.82) is 0 Å². The number of aryl methyl sites for hydroxylation is 2. The summed E-state index contributed by atoms with van der Waals surface area (Å²) >= 11 is 0. The number of carbonyl (C=O) groups excluding carboxylic acids is 1. The lowest BCUT2D eigenvalue weighted by molar-refractivity contribution is 0.0829. The molecule has 5 nitrogen and oxygen atoms in total. The fourth-order valence-corrected chi connectivity index (χ4v) is 2.70. The number of nitrogens with one attached hydrogen (secondary N) is 1.